The molecule has 0 radical (unpaired) electrons. The summed E-state index contributed by atoms with van der Waals surface area (Å²) in [6.07, 6.45) is 0.146. The molecule has 0 heterocycles. The van der Waals surface area contributed by atoms with Crippen LogP contribution < -0.4 is 14.8 Å². The zero-order valence-corrected chi connectivity index (χ0v) is 11.8. The second kappa shape index (κ2) is 6.43. The highest BCUT2D eigenvalue weighted by atomic mass is 16.5. The van der Waals surface area contributed by atoms with Gasteiger partial charge in [0.25, 0.3) is 0 Å². The van der Waals surface area contributed by atoms with E-state index in [2.05, 4.69) is 5.32 Å². The van der Waals surface area contributed by atoms with Gasteiger partial charge in [-0.3, -0.25) is 4.79 Å². The van der Waals surface area contributed by atoms with Crippen molar-refractivity contribution in [1.82, 2.24) is 5.32 Å². The first-order valence-corrected chi connectivity index (χ1v) is 6.14. The summed E-state index contributed by atoms with van der Waals surface area (Å²) in [5.74, 6) is 0.558. The van der Waals surface area contributed by atoms with E-state index in [-0.39, 0.29) is 6.10 Å². The molecule has 5 nitrogen and oxygen atoms in total. The molecule has 0 saturated carbocycles. The van der Waals surface area contributed by atoms with Gasteiger partial charge < -0.3 is 19.9 Å². The zero-order chi connectivity index (χ0) is 14.5. The third-order valence-electron chi connectivity index (χ3n) is 3.12. The van der Waals surface area contributed by atoms with E-state index in [4.69, 9.17) is 9.47 Å². The third kappa shape index (κ3) is 4.13. The molecule has 0 aliphatic carbocycles. The smallest absolute Gasteiger partial charge is 0.323 e. The number of carbonyl (C=O) groups is 1. The van der Waals surface area contributed by atoms with Crippen molar-refractivity contribution in [2.75, 3.05) is 14.2 Å². The maximum atomic E-state index is 11.2. The maximum Gasteiger partial charge on any atom is 0.323 e. The standard InChI is InChI=1S/C14H21NO4/c1-10(9-14(2,15-3)13(16)17)19-12-7-5-11(18-4)6-8-12/h5-8,10,15H,9H2,1-4H3,(H,16,17). The van der Waals surface area contributed by atoms with Gasteiger partial charge in [-0.1, -0.05) is 0 Å². The van der Waals surface area contributed by atoms with Gasteiger partial charge in [0.1, 0.15) is 17.0 Å². The quantitative estimate of drug-likeness (QED) is 0.790. The van der Waals surface area contributed by atoms with Gasteiger partial charge >= 0.3 is 5.97 Å². The van der Waals surface area contributed by atoms with E-state index in [1.54, 1.807) is 45.3 Å². The minimum absolute atomic E-state index is 0.220. The van der Waals surface area contributed by atoms with Crippen molar-refractivity contribution in [3.8, 4) is 11.5 Å². The van der Waals surface area contributed by atoms with E-state index in [0.717, 1.165) is 5.75 Å². The highest BCUT2D eigenvalue weighted by Gasteiger charge is 2.33. The number of hydrogen-bond acceptors (Lipinski definition) is 4. The Kier molecular flexibility index (Phi) is 5.18. The SMILES string of the molecule is CNC(C)(CC(C)Oc1ccc(OC)cc1)C(=O)O. The third-order valence-corrected chi connectivity index (χ3v) is 3.12. The molecular formula is C14H21NO4. The van der Waals surface area contributed by atoms with Crippen molar-refractivity contribution < 1.29 is 19.4 Å². The second-order valence-electron chi connectivity index (χ2n) is 4.70. The number of carboxylic acids is 1. The molecule has 106 valence electrons. The van der Waals surface area contributed by atoms with Gasteiger partial charge in [-0.15, -0.1) is 0 Å². The van der Waals surface area contributed by atoms with Crippen LogP contribution >= 0.6 is 0 Å². The topological polar surface area (TPSA) is 67.8 Å². The van der Waals surface area contributed by atoms with Gasteiger partial charge in [-0.25, -0.2) is 0 Å². The second-order valence-corrected chi connectivity index (χ2v) is 4.70. The first kappa shape index (κ1) is 15.3. The lowest BCUT2D eigenvalue weighted by Gasteiger charge is -2.27. The van der Waals surface area contributed by atoms with E-state index < -0.39 is 11.5 Å². The molecule has 2 unspecified atom stereocenters. The molecule has 1 aromatic carbocycles. The fraction of sp³-hybridized carbons (Fsp3) is 0.500. The van der Waals surface area contributed by atoms with E-state index in [0.29, 0.717) is 12.2 Å². The molecule has 1 aromatic rings. The van der Waals surface area contributed by atoms with Crippen LogP contribution in [0.1, 0.15) is 20.3 Å². The van der Waals surface area contributed by atoms with Crippen LogP contribution in [0.3, 0.4) is 0 Å². The van der Waals surface area contributed by atoms with Crippen LogP contribution in [0.5, 0.6) is 11.5 Å². The average molecular weight is 267 g/mol. The number of benzene rings is 1. The van der Waals surface area contributed by atoms with E-state index in [9.17, 15) is 9.90 Å². The molecule has 2 atom stereocenters. The minimum Gasteiger partial charge on any atom is -0.497 e. The molecule has 0 aromatic heterocycles. The average Bonchev–Trinajstić information content (AvgIpc) is 2.39. The van der Waals surface area contributed by atoms with Crippen molar-refractivity contribution in [2.45, 2.75) is 31.9 Å². The normalized spacial score (nSPS) is 15.4. The van der Waals surface area contributed by atoms with E-state index in [1.165, 1.54) is 0 Å². The highest BCUT2D eigenvalue weighted by molar-refractivity contribution is 5.78. The number of hydrogen-bond donors (Lipinski definition) is 2. The number of methoxy groups -OCH3 is 1. The fourth-order valence-electron chi connectivity index (χ4n) is 1.80. The summed E-state index contributed by atoms with van der Waals surface area (Å²) >= 11 is 0. The number of rotatable bonds is 7. The molecule has 5 heteroatoms. The highest BCUT2D eigenvalue weighted by Crippen LogP contribution is 2.21. The van der Waals surface area contributed by atoms with Crippen LogP contribution in [0.4, 0.5) is 0 Å². The molecule has 0 amide bonds. The van der Waals surface area contributed by atoms with Gasteiger partial charge in [0.15, 0.2) is 0 Å². The monoisotopic (exact) mass is 267 g/mol. The molecule has 0 aliphatic heterocycles. The maximum absolute atomic E-state index is 11.2. The van der Waals surface area contributed by atoms with Crippen LogP contribution in [0.15, 0.2) is 24.3 Å². The molecule has 0 saturated heterocycles. The summed E-state index contributed by atoms with van der Waals surface area (Å²) in [6.45, 7) is 3.49. The summed E-state index contributed by atoms with van der Waals surface area (Å²) in [4.78, 5) is 11.2. The number of carboxylic acid groups (broad SMARTS) is 1. The van der Waals surface area contributed by atoms with Crippen LogP contribution in [0.25, 0.3) is 0 Å². The van der Waals surface area contributed by atoms with Gasteiger partial charge in [0, 0.05) is 6.42 Å². The van der Waals surface area contributed by atoms with Crippen molar-refractivity contribution >= 4 is 5.97 Å². The van der Waals surface area contributed by atoms with Crippen molar-refractivity contribution in [1.29, 1.82) is 0 Å². The lowest BCUT2D eigenvalue weighted by molar-refractivity contribution is -0.145. The van der Waals surface area contributed by atoms with Crippen LogP contribution in [0, 0.1) is 0 Å². The largest absolute Gasteiger partial charge is 0.497 e. The Morgan fingerprint density at radius 2 is 1.89 bits per heavy atom. The van der Waals surface area contributed by atoms with Crippen molar-refractivity contribution in [3.05, 3.63) is 24.3 Å². The number of nitrogens with one attached hydrogen (secondary N) is 1. The van der Waals surface area contributed by atoms with Gasteiger partial charge in [0.05, 0.1) is 13.2 Å². The summed E-state index contributed by atoms with van der Waals surface area (Å²) in [6, 6.07) is 7.20. The molecule has 0 bridgehead atoms. The van der Waals surface area contributed by atoms with E-state index >= 15 is 0 Å². The first-order valence-electron chi connectivity index (χ1n) is 6.14. The Labute approximate surface area is 113 Å². The lowest BCUT2D eigenvalue weighted by atomic mass is 9.95. The van der Waals surface area contributed by atoms with Crippen LogP contribution in [-0.4, -0.2) is 36.9 Å². The van der Waals surface area contributed by atoms with Crippen molar-refractivity contribution in [2.24, 2.45) is 0 Å². The Morgan fingerprint density at radius 3 is 2.32 bits per heavy atom. The lowest BCUT2D eigenvalue weighted by Crippen LogP contribution is -2.50. The van der Waals surface area contributed by atoms with Crippen molar-refractivity contribution in [3.63, 3.8) is 0 Å². The minimum atomic E-state index is -0.994. The number of aliphatic carboxylic acids is 1. The summed E-state index contributed by atoms with van der Waals surface area (Å²) in [5, 5.41) is 12.0. The zero-order valence-electron chi connectivity index (χ0n) is 11.8. The molecule has 0 aliphatic rings. The Morgan fingerprint density at radius 1 is 1.37 bits per heavy atom. The Hall–Kier alpha value is -1.75. The predicted octanol–water partition coefficient (Wildman–Crippen LogP) is 1.92. The molecular weight excluding hydrogens is 246 g/mol. The molecule has 19 heavy (non-hydrogen) atoms. The molecule has 2 N–H and O–H groups in total. The first-order chi connectivity index (χ1) is 8.91. The number of likely N-dealkylation sites (N-methyl/N-ethyl adjacent to an activating group) is 1. The number of ether oxygens (including phenoxy) is 2. The fourth-order valence-corrected chi connectivity index (χ4v) is 1.80. The summed E-state index contributed by atoms with van der Waals surface area (Å²) in [7, 11) is 3.23. The van der Waals surface area contributed by atoms with Gasteiger partial charge in [-0.2, -0.15) is 0 Å². The summed E-state index contributed by atoms with van der Waals surface area (Å²) < 4.78 is 10.8. The molecule has 0 spiro atoms. The molecule has 1 rings (SSSR count). The van der Waals surface area contributed by atoms with Crippen LogP contribution in [-0.2, 0) is 4.79 Å². The van der Waals surface area contributed by atoms with Crippen LogP contribution in [0.2, 0.25) is 0 Å². The Balaban J connectivity index is 2.63. The molecule has 0 fully saturated rings. The Bertz CT molecular complexity index is 418. The van der Waals surface area contributed by atoms with Gasteiger partial charge in [0.2, 0.25) is 0 Å². The van der Waals surface area contributed by atoms with Gasteiger partial charge in [-0.05, 0) is 45.2 Å². The van der Waals surface area contributed by atoms with E-state index in [1.807, 2.05) is 6.92 Å². The summed E-state index contributed by atoms with van der Waals surface area (Å²) in [5.41, 5.74) is -0.994. The predicted molar refractivity (Wildman–Crippen MR) is 72.8 cm³/mol.